The minimum absolute atomic E-state index is 0. The Morgan fingerprint density at radius 2 is 1.80 bits per heavy atom. The standard InChI is InChI=1S/C11H20N4O11P2.2Na/c12-2-4-23-27(19,20)26-28(21,22)24-5-6-8(16)9(17)10(25-6)15-3-1-7(13)14-11(15)18;;/h1,3,6,8-10,16-17H,2,4-5,12H2,(H,19,20)(H,21,22)(H2,13,14,18);;/q;2*+1/p-2/t6-,8-,9-,10-;;/m1../s1. The number of phosphoric ester groups is 2. The van der Waals surface area contributed by atoms with E-state index in [0.29, 0.717) is 0 Å². The van der Waals surface area contributed by atoms with Crippen LogP contribution in [0.2, 0.25) is 0 Å². The van der Waals surface area contributed by atoms with Crippen molar-refractivity contribution in [1.82, 2.24) is 9.55 Å². The molecule has 1 aliphatic rings. The van der Waals surface area contributed by atoms with Gasteiger partial charge in [0, 0.05) is 12.7 Å². The first-order valence-electron chi connectivity index (χ1n) is 7.64. The summed E-state index contributed by atoms with van der Waals surface area (Å²) in [6.07, 6.45) is -5.05. The SMILES string of the molecule is NCCOP(=O)([O-])OP(=O)([O-])OC[C@H]1O[C@@H](n2ccc(N)nc2=O)[C@H](O)[C@@H]1O.[Na+].[Na+]. The van der Waals surface area contributed by atoms with Crippen molar-refractivity contribution in [3.8, 4) is 0 Å². The topological polar surface area (TPSA) is 245 Å². The van der Waals surface area contributed by atoms with Gasteiger partial charge in [0.2, 0.25) is 0 Å². The molecular formula is C11H18N4Na2O11P2. The molecule has 1 aromatic rings. The molecule has 0 aromatic carbocycles. The molecule has 2 heterocycles. The van der Waals surface area contributed by atoms with Crippen LogP contribution in [0.3, 0.4) is 0 Å². The summed E-state index contributed by atoms with van der Waals surface area (Å²) in [7, 11) is -10.7. The van der Waals surface area contributed by atoms with E-state index in [1.165, 1.54) is 6.07 Å². The molecule has 1 fully saturated rings. The van der Waals surface area contributed by atoms with E-state index in [2.05, 4.69) is 18.3 Å². The van der Waals surface area contributed by atoms with Crippen molar-refractivity contribution in [3.05, 3.63) is 22.7 Å². The number of ether oxygens (including phenoxy) is 1. The van der Waals surface area contributed by atoms with E-state index in [1.54, 1.807) is 0 Å². The van der Waals surface area contributed by atoms with Crippen molar-refractivity contribution >= 4 is 21.5 Å². The Morgan fingerprint density at radius 1 is 1.20 bits per heavy atom. The average molecular weight is 490 g/mol. The van der Waals surface area contributed by atoms with Gasteiger partial charge >= 0.3 is 64.8 Å². The van der Waals surface area contributed by atoms with Crippen LogP contribution in [0.4, 0.5) is 5.82 Å². The van der Waals surface area contributed by atoms with Crippen LogP contribution in [0, 0.1) is 0 Å². The molecule has 160 valence electrons. The summed E-state index contributed by atoms with van der Waals surface area (Å²) in [5.41, 5.74) is 9.49. The maximum absolute atomic E-state index is 11.8. The second kappa shape index (κ2) is 12.9. The third-order valence-electron chi connectivity index (χ3n) is 3.43. The number of hydrogen-bond donors (Lipinski definition) is 4. The zero-order chi connectivity index (χ0) is 21.1. The zero-order valence-electron chi connectivity index (χ0n) is 16.1. The number of aromatic nitrogens is 2. The zero-order valence-corrected chi connectivity index (χ0v) is 21.9. The van der Waals surface area contributed by atoms with Gasteiger partial charge in [-0.2, -0.15) is 4.98 Å². The number of nitrogens with zero attached hydrogens (tertiary/aromatic N) is 2. The summed E-state index contributed by atoms with van der Waals surface area (Å²) < 4.78 is 41.3. The van der Waals surface area contributed by atoms with Gasteiger partial charge in [0.25, 0.3) is 15.6 Å². The van der Waals surface area contributed by atoms with Crippen LogP contribution in [-0.4, -0.2) is 57.8 Å². The number of nitrogen functional groups attached to an aromatic ring is 1. The van der Waals surface area contributed by atoms with Crippen molar-refractivity contribution < 1.29 is 106 Å². The number of anilines is 1. The molecule has 0 radical (unpaired) electrons. The molecule has 1 aliphatic heterocycles. The summed E-state index contributed by atoms with van der Waals surface area (Å²) in [6, 6.07) is 1.24. The Balaban J connectivity index is 0.00000420. The van der Waals surface area contributed by atoms with Gasteiger partial charge < -0.3 is 45.3 Å². The van der Waals surface area contributed by atoms with Crippen molar-refractivity contribution in [1.29, 1.82) is 0 Å². The molecule has 0 amide bonds. The van der Waals surface area contributed by atoms with Gasteiger partial charge in [-0.1, -0.05) is 0 Å². The first kappa shape index (κ1) is 30.8. The smallest absolute Gasteiger partial charge is 0.756 e. The average Bonchev–Trinajstić information content (AvgIpc) is 2.86. The summed E-state index contributed by atoms with van der Waals surface area (Å²) in [6.45, 7) is -1.65. The first-order chi connectivity index (χ1) is 13.0. The Labute approximate surface area is 214 Å². The first-order valence-corrected chi connectivity index (χ1v) is 10.6. The van der Waals surface area contributed by atoms with Crippen LogP contribution in [0.1, 0.15) is 6.23 Å². The molecule has 0 aliphatic carbocycles. The largest absolute Gasteiger partial charge is 1.00 e. The minimum atomic E-state index is -5.42. The normalized spacial score (nSPS) is 27.4. The Kier molecular flexibility index (Phi) is 13.2. The Hall–Kier alpha value is 0.780. The molecule has 6 N–H and O–H groups in total. The minimum Gasteiger partial charge on any atom is -0.756 e. The second-order valence-electron chi connectivity index (χ2n) is 5.48. The van der Waals surface area contributed by atoms with Crippen LogP contribution < -0.4 is 86.1 Å². The quantitative estimate of drug-likeness (QED) is 0.186. The van der Waals surface area contributed by atoms with E-state index in [9.17, 15) is 33.9 Å². The molecule has 1 saturated heterocycles. The van der Waals surface area contributed by atoms with Gasteiger partial charge in [-0.25, -0.2) is 9.11 Å². The van der Waals surface area contributed by atoms with Gasteiger partial charge in [0.05, 0.1) is 13.2 Å². The van der Waals surface area contributed by atoms with E-state index in [1.807, 2.05) is 0 Å². The van der Waals surface area contributed by atoms with Gasteiger partial charge in [0.15, 0.2) is 6.23 Å². The van der Waals surface area contributed by atoms with Crippen LogP contribution in [0.25, 0.3) is 0 Å². The monoisotopic (exact) mass is 490 g/mol. The van der Waals surface area contributed by atoms with Crippen molar-refractivity contribution in [3.63, 3.8) is 0 Å². The molecule has 30 heavy (non-hydrogen) atoms. The van der Waals surface area contributed by atoms with E-state index in [4.69, 9.17) is 16.2 Å². The number of aliphatic hydroxyl groups excluding tert-OH is 2. The van der Waals surface area contributed by atoms with Gasteiger partial charge in [-0.3, -0.25) is 13.7 Å². The van der Waals surface area contributed by atoms with E-state index in [-0.39, 0.29) is 71.5 Å². The van der Waals surface area contributed by atoms with E-state index < -0.39 is 59.1 Å². The summed E-state index contributed by atoms with van der Waals surface area (Å²) in [5.74, 6) is -0.0856. The van der Waals surface area contributed by atoms with E-state index in [0.717, 1.165) is 10.8 Å². The Bertz CT molecular complexity index is 846. The summed E-state index contributed by atoms with van der Waals surface area (Å²) in [5, 5.41) is 20.0. The number of phosphoric acid groups is 2. The molecule has 1 aromatic heterocycles. The van der Waals surface area contributed by atoms with Gasteiger partial charge in [-0.15, -0.1) is 0 Å². The number of rotatable bonds is 9. The summed E-state index contributed by atoms with van der Waals surface area (Å²) >= 11 is 0. The number of hydrogen-bond acceptors (Lipinski definition) is 14. The second-order valence-corrected chi connectivity index (χ2v) is 8.44. The van der Waals surface area contributed by atoms with Crippen molar-refractivity contribution in [2.24, 2.45) is 5.73 Å². The predicted octanol–water partition coefficient (Wildman–Crippen LogP) is -9.60. The molecular weight excluding hydrogens is 472 g/mol. The fourth-order valence-corrected chi connectivity index (χ4v) is 4.23. The molecule has 15 nitrogen and oxygen atoms in total. The van der Waals surface area contributed by atoms with Crippen molar-refractivity contribution in [2.75, 3.05) is 25.5 Å². The third-order valence-corrected chi connectivity index (χ3v) is 5.99. The number of aliphatic hydroxyl groups is 2. The predicted molar refractivity (Wildman–Crippen MR) is 86.1 cm³/mol. The fourth-order valence-electron chi connectivity index (χ4n) is 2.22. The molecule has 2 unspecified atom stereocenters. The number of nitrogens with two attached hydrogens (primary N) is 2. The fraction of sp³-hybridized carbons (Fsp3) is 0.636. The van der Waals surface area contributed by atoms with Gasteiger partial charge in [-0.05, 0) is 6.07 Å². The van der Waals surface area contributed by atoms with Crippen molar-refractivity contribution in [2.45, 2.75) is 24.5 Å². The van der Waals surface area contributed by atoms with Gasteiger partial charge in [0.1, 0.15) is 24.1 Å². The molecule has 2 rings (SSSR count). The molecule has 19 heteroatoms. The van der Waals surface area contributed by atoms with Crippen LogP contribution in [-0.2, 0) is 27.2 Å². The molecule has 0 bridgehead atoms. The summed E-state index contributed by atoms with van der Waals surface area (Å²) in [4.78, 5) is 38.2. The molecule has 0 spiro atoms. The maximum atomic E-state index is 11.8. The molecule has 6 atom stereocenters. The molecule has 0 saturated carbocycles. The third kappa shape index (κ3) is 8.61. The Morgan fingerprint density at radius 3 is 2.37 bits per heavy atom. The van der Waals surface area contributed by atoms with Crippen LogP contribution in [0.5, 0.6) is 0 Å². The maximum Gasteiger partial charge on any atom is 1.00 e. The van der Waals surface area contributed by atoms with E-state index >= 15 is 0 Å². The van der Waals surface area contributed by atoms with Crippen LogP contribution >= 0.6 is 15.6 Å². The van der Waals surface area contributed by atoms with Crippen LogP contribution in [0.15, 0.2) is 17.1 Å².